The highest BCUT2D eigenvalue weighted by Crippen LogP contribution is 2.35. The Labute approximate surface area is 149 Å². The van der Waals surface area contributed by atoms with Gasteiger partial charge in [-0.2, -0.15) is 5.10 Å². The molecular weight excluding hydrogens is 374 g/mol. The minimum Gasteiger partial charge on any atom is -0.486 e. The Balaban J connectivity index is 1.62. The van der Waals surface area contributed by atoms with E-state index in [0.717, 1.165) is 38.6 Å². The Morgan fingerprint density at radius 1 is 1.25 bits per heavy atom. The quantitative estimate of drug-likeness (QED) is 0.574. The Hall–Kier alpha value is -2.02. The largest absolute Gasteiger partial charge is 0.486 e. The molecule has 1 aromatic carbocycles. The molecule has 0 saturated heterocycles. The van der Waals surface area contributed by atoms with Gasteiger partial charge in [0.15, 0.2) is 11.5 Å². The van der Waals surface area contributed by atoms with Crippen LogP contribution in [0, 0.1) is 13.8 Å². The van der Waals surface area contributed by atoms with Gasteiger partial charge in [0.05, 0.1) is 18.0 Å². The highest BCUT2D eigenvalue weighted by atomic mass is 79.9. The molecule has 1 aliphatic rings. The van der Waals surface area contributed by atoms with E-state index in [9.17, 15) is 0 Å². The maximum atomic E-state index is 5.59. The van der Waals surface area contributed by atoms with Crippen LogP contribution in [-0.2, 0) is 18.0 Å². The number of aryl methyl sites for hydroxylation is 2. The number of halogens is 1. The summed E-state index contributed by atoms with van der Waals surface area (Å²) in [5.41, 5.74) is 3.93. The smallest absolute Gasteiger partial charge is 0.162 e. The zero-order valence-corrected chi connectivity index (χ0v) is 15.6. The molecule has 0 radical (unpaired) electrons. The Morgan fingerprint density at radius 2 is 1.96 bits per heavy atom. The number of aromatic nitrogens is 2. The van der Waals surface area contributed by atoms with E-state index in [4.69, 9.17) is 14.3 Å². The van der Waals surface area contributed by atoms with Gasteiger partial charge in [-0.1, -0.05) is 21.1 Å². The molecule has 0 atom stereocenters. The van der Waals surface area contributed by atoms with Crippen LogP contribution < -0.4 is 9.47 Å². The first-order chi connectivity index (χ1) is 11.5. The predicted molar refractivity (Wildman–Crippen MR) is 94.7 cm³/mol. The molecule has 0 bridgehead atoms. The molecule has 0 spiro atoms. The van der Waals surface area contributed by atoms with Gasteiger partial charge in [-0.3, -0.25) is 4.68 Å². The fourth-order valence-electron chi connectivity index (χ4n) is 2.51. The minimum absolute atomic E-state index is 0.353. The lowest BCUT2D eigenvalue weighted by molar-refractivity contribution is 0.127. The van der Waals surface area contributed by atoms with Gasteiger partial charge < -0.3 is 14.3 Å². The number of fused-ring (bicyclic) bond motifs is 1. The van der Waals surface area contributed by atoms with E-state index in [1.807, 2.05) is 43.7 Å². The van der Waals surface area contributed by atoms with Gasteiger partial charge in [0.25, 0.3) is 0 Å². The lowest BCUT2D eigenvalue weighted by Crippen LogP contribution is -2.15. The second-order valence-corrected chi connectivity index (χ2v) is 6.63. The van der Waals surface area contributed by atoms with Crippen LogP contribution in [0.2, 0.25) is 0 Å². The van der Waals surface area contributed by atoms with Crippen LogP contribution in [0.15, 0.2) is 27.8 Å². The zero-order valence-electron chi connectivity index (χ0n) is 14.0. The molecule has 128 valence electrons. The third kappa shape index (κ3) is 3.90. The number of rotatable bonds is 5. The zero-order chi connectivity index (χ0) is 17.1. The van der Waals surface area contributed by atoms with Crippen molar-refractivity contribution >= 4 is 21.6 Å². The van der Waals surface area contributed by atoms with Crippen molar-refractivity contribution in [2.24, 2.45) is 5.16 Å². The SMILES string of the molecule is CC(Cn1nc(C)cc1C)=NOCc1cc2c(cc1Br)OCCO2. The van der Waals surface area contributed by atoms with Gasteiger partial charge in [-0.25, -0.2) is 0 Å². The van der Waals surface area contributed by atoms with E-state index in [-0.39, 0.29) is 0 Å². The van der Waals surface area contributed by atoms with E-state index in [1.54, 1.807) is 0 Å². The van der Waals surface area contributed by atoms with Gasteiger partial charge in [0.2, 0.25) is 0 Å². The molecule has 0 aliphatic carbocycles. The fraction of sp³-hybridized carbons (Fsp3) is 0.412. The topological polar surface area (TPSA) is 57.9 Å². The summed E-state index contributed by atoms with van der Waals surface area (Å²) in [5, 5.41) is 8.60. The van der Waals surface area contributed by atoms with E-state index >= 15 is 0 Å². The van der Waals surface area contributed by atoms with Crippen molar-refractivity contribution in [3.05, 3.63) is 39.6 Å². The summed E-state index contributed by atoms with van der Waals surface area (Å²) in [6.07, 6.45) is 0. The molecule has 1 aliphatic heterocycles. The van der Waals surface area contributed by atoms with Gasteiger partial charge in [-0.05, 0) is 39.0 Å². The predicted octanol–water partition coefficient (Wildman–Crippen LogP) is 3.63. The van der Waals surface area contributed by atoms with Crippen molar-refractivity contribution in [1.29, 1.82) is 0 Å². The summed E-state index contributed by atoms with van der Waals surface area (Å²) < 4.78 is 14.0. The number of hydrogen-bond acceptors (Lipinski definition) is 5. The van der Waals surface area contributed by atoms with E-state index < -0.39 is 0 Å². The van der Waals surface area contributed by atoms with Gasteiger partial charge >= 0.3 is 0 Å². The number of nitrogens with zero attached hydrogens (tertiary/aromatic N) is 3. The molecule has 7 heteroatoms. The summed E-state index contributed by atoms with van der Waals surface area (Å²) in [4.78, 5) is 5.49. The average Bonchev–Trinajstić information content (AvgIpc) is 2.85. The first kappa shape index (κ1) is 16.8. The van der Waals surface area contributed by atoms with E-state index in [1.165, 1.54) is 0 Å². The van der Waals surface area contributed by atoms with Crippen molar-refractivity contribution in [2.45, 2.75) is 33.9 Å². The molecule has 6 nitrogen and oxygen atoms in total. The molecule has 2 aromatic rings. The van der Waals surface area contributed by atoms with Crippen molar-refractivity contribution < 1.29 is 14.3 Å². The molecule has 0 unspecified atom stereocenters. The minimum atomic E-state index is 0.353. The third-order valence-electron chi connectivity index (χ3n) is 3.63. The molecule has 3 rings (SSSR count). The molecular formula is C17H20BrN3O3. The van der Waals surface area contributed by atoms with Crippen LogP contribution in [0.3, 0.4) is 0 Å². The van der Waals surface area contributed by atoms with Crippen molar-refractivity contribution in [3.8, 4) is 11.5 Å². The summed E-state index contributed by atoms with van der Waals surface area (Å²) in [6.45, 7) is 8.04. The standard InChI is InChI=1S/C17H20BrN3O3/c1-11-6-13(3)21(19-11)9-12(2)20-24-10-14-7-16-17(8-15(14)18)23-5-4-22-16/h6-8H,4-5,9-10H2,1-3H3. The Kier molecular flexibility index (Phi) is 5.08. The van der Waals surface area contributed by atoms with Crippen LogP contribution in [-0.4, -0.2) is 28.7 Å². The van der Waals surface area contributed by atoms with Crippen molar-refractivity contribution in [1.82, 2.24) is 9.78 Å². The second-order valence-electron chi connectivity index (χ2n) is 5.77. The maximum absolute atomic E-state index is 5.59. The number of ether oxygens (including phenoxy) is 2. The molecule has 24 heavy (non-hydrogen) atoms. The fourth-order valence-corrected chi connectivity index (χ4v) is 2.95. The summed E-state index contributed by atoms with van der Waals surface area (Å²) in [7, 11) is 0. The highest BCUT2D eigenvalue weighted by molar-refractivity contribution is 9.10. The van der Waals surface area contributed by atoms with E-state index in [0.29, 0.717) is 26.4 Å². The van der Waals surface area contributed by atoms with Crippen LogP contribution in [0.25, 0.3) is 0 Å². The third-order valence-corrected chi connectivity index (χ3v) is 4.37. The maximum Gasteiger partial charge on any atom is 0.162 e. The molecule has 0 fully saturated rings. The number of benzene rings is 1. The molecule has 0 N–H and O–H groups in total. The number of oxime groups is 1. The number of hydrogen-bond donors (Lipinski definition) is 0. The van der Waals surface area contributed by atoms with Crippen LogP contribution in [0.1, 0.15) is 23.9 Å². The first-order valence-electron chi connectivity index (χ1n) is 7.77. The van der Waals surface area contributed by atoms with Crippen LogP contribution in [0.5, 0.6) is 11.5 Å². The normalized spacial score (nSPS) is 13.9. The summed E-state index contributed by atoms with van der Waals surface area (Å²) >= 11 is 3.53. The lowest BCUT2D eigenvalue weighted by atomic mass is 10.2. The van der Waals surface area contributed by atoms with E-state index in [2.05, 4.69) is 26.2 Å². The summed E-state index contributed by atoms with van der Waals surface area (Å²) in [5.74, 6) is 1.49. The van der Waals surface area contributed by atoms with Crippen LogP contribution in [0.4, 0.5) is 0 Å². The van der Waals surface area contributed by atoms with Gasteiger partial charge in [0, 0.05) is 15.7 Å². The van der Waals surface area contributed by atoms with Crippen molar-refractivity contribution in [2.75, 3.05) is 13.2 Å². The lowest BCUT2D eigenvalue weighted by Gasteiger charge is -2.19. The summed E-state index contributed by atoms with van der Waals surface area (Å²) in [6, 6.07) is 5.87. The Bertz CT molecular complexity index is 771. The highest BCUT2D eigenvalue weighted by Gasteiger charge is 2.15. The molecule has 0 saturated carbocycles. The molecule has 1 aromatic heterocycles. The second kappa shape index (κ2) is 7.25. The van der Waals surface area contributed by atoms with Crippen LogP contribution >= 0.6 is 15.9 Å². The van der Waals surface area contributed by atoms with Gasteiger partial charge in [0.1, 0.15) is 19.8 Å². The molecule has 0 amide bonds. The average molecular weight is 394 g/mol. The monoisotopic (exact) mass is 393 g/mol. The first-order valence-corrected chi connectivity index (χ1v) is 8.57. The molecule has 2 heterocycles. The Morgan fingerprint density at radius 3 is 2.62 bits per heavy atom. The van der Waals surface area contributed by atoms with Crippen molar-refractivity contribution in [3.63, 3.8) is 0 Å². The van der Waals surface area contributed by atoms with Gasteiger partial charge in [-0.15, -0.1) is 0 Å².